The number of benzene rings is 2. The summed E-state index contributed by atoms with van der Waals surface area (Å²) in [6, 6.07) is 14.5. The fourth-order valence-corrected chi connectivity index (χ4v) is 3.36. The molecule has 0 bridgehead atoms. The first-order chi connectivity index (χ1) is 12.4. The molecule has 0 saturated heterocycles. The molecule has 1 heterocycles. The van der Waals surface area contributed by atoms with Crippen LogP contribution in [0.4, 0.5) is 5.69 Å². The van der Waals surface area contributed by atoms with Crippen LogP contribution < -0.4 is 15.2 Å². The molecule has 3 N–H and O–H groups in total. The van der Waals surface area contributed by atoms with Gasteiger partial charge in [-0.1, -0.05) is 24.3 Å². The van der Waals surface area contributed by atoms with Gasteiger partial charge in [0.2, 0.25) is 10.0 Å². The molecule has 0 aliphatic rings. The first-order valence-electron chi connectivity index (χ1n) is 8.18. The van der Waals surface area contributed by atoms with Crippen LogP contribution in [0, 0.1) is 6.92 Å². The van der Waals surface area contributed by atoms with E-state index in [1.165, 1.54) is 12.1 Å². The van der Waals surface area contributed by atoms with Crippen molar-refractivity contribution < 1.29 is 13.2 Å². The standard InChI is InChI=1S/C19H21N3O3S/c1-13-12-17(16-4-3-5-18(25-2)19(16)22-13)21-11-10-14-6-8-15(9-7-14)26(20,23)24/h3-9,12H,10-11H2,1-2H3,(H,21,22)(H2,20,23,24). The zero-order valence-corrected chi connectivity index (χ0v) is 15.5. The maximum atomic E-state index is 11.3. The van der Waals surface area contributed by atoms with E-state index in [1.54, 1.807) is 19.2 Å². The molecular formula is C19H21N3O3S. The second-order valence-electron chi connectivity index (χ2n) is 6.03. The Morgan fingerprint density at radius 2 is 1.88 bits per heavy atom. The fraction of sp³-hybridized carbons (Fsp3) is 0.211. The van der Waals surface area contributed by atoms with E-state index in [1.807, 2.05) is 31.2 Å². The number of nitrogens with two attached hydrogens (primary N) is 1. The number of methoxy groups -OCH3 is 1. The molecule has 1 aromatic heterocycles. The van der Waals surface area contributed by atoms with Crippen LogP contribution in [0.25, 0.3) is 10.9 Å². The molecule has 0 fully saturated rings. The highest BCUT2D eigenvalue weighted by atomic mass is 32.2. The molecule has 2 aromatic carbocycles. The van der Waals surface area contributed by atoms with Gasteiger partial charge in [0, 0.05) is 23.3 Å². The van der Waals surface area contributed by atoms with Gasteiger partial charge in [0.15, 0.2) is 0 Å². The Balaban J connectivity index is 1.76. The molecule has 0 spiro atoms. The number of anilines is 1. The normalized spacial score (nSPS) is 11.5. The number of fused-ring (bicyclic) bond motifs is 1. The van der Waals surface area contributed by atoms with Crippen LogP contribution in [0.2, 0.25) is 0 Å². The van der Waals surface area contributed by atoms with Crippen LogP contribution in [0.5, 0.6) is 5.75 Å². The number of aryl methyl sites for hydroxylation is 1. The van der Waals surface area contributed by atoms with Crippen molar-refractivity contribution in [3.8, 4) is 5.75 Å². The van der Waals surface area contributed by atoms with Crippen molar-refractivity contribution in [2.75, 3.05) is 19.0 Å². The lowest BCUT2D eigenvalue weighted by Gasteiger charge is -2.13. The number of primary sulfonamides is 1. The summed E-state index contributed by atoms with van der Waals surface area (Å²) in [6.07, 6.45) is 0.748. The molecule has 3 rings (SSSR count). The molecule has 0 radical (unpaired) electrons. The van der Waals surface area contributed by atoms with Crippen molar-refractivity contribution in [3.05, 3.63) is 59.8 Å². The van der Waals surface area contributed by atoms with Gasteiger partial charge >= 0.3 is 0 Å². The first kappa shape index (κ1) is 18.2. The number of rotatable bonds is 6. The Morgan fingerprint density at radius 1 is 1.15 bits per heavy atom. The molecule has 26 heavy (non-hydrogen) atoms. The smallest absolute Gasteiger partial charge is 0.238 e. The molecule has 0 amide bonds. The van der Waals surface area contributed by atoms with Gasteiger partial charge in [-0.2, -0.15) is 0 Å². The summed E-state index contributed by atoms with van der Waals surface area (Å²) in [6.45, 7) is 2.65. The predicted octanol–water partition coefficient (Wildman–Crippen LogP) is 2.85. The number of nitrogens with zero attached hydrogens (tertiary/aromatic N) is 1. The van der Waals surface area contributed by atoms with Crippen molar-refractivity contribution >= 4 is 26.6 Å². The molecule has 0 atom stereocenters. The average Bonchev–Trinajstić information content (AvgIpc) is 2.61. The Bertz CT molecular complexity index is 1030. The molecule has 6 nitrogen and oxygen atoms in total. The third kappa shape index (κ3) is 3.95. The second kappa shape index (κ2) is 7.31. The van der Waals surface area contributed by atoms with E-state index >= 15 is 0 Å². The second-order valence-corrected chi connectivity index (χ2v) is 7.59. The van der Waals surface area contributed by atoms with Gasteiger partial charge in [0.25, 0.3) is 0 Å². The summed E-state index contributed by atoms with van der Waals surface area (Å²) in [4.78, 5) is 4.69. The molecule has 3 aromatic rings. The monoisotopic (exact) mass is 371 g/mol. The molecular weight excluding hydrogens is 350 g/mol. The highest BCUT2D eigenvalue weighted by Gasteiger charge is 2.09. The minimum absolute atomic E-state index is 0.122. The largest absolute Gasteiger partial charge is 0.494 e. The molecule has 0 aliphatic carbocycles. The number of hydrogen-bond acceptors (Lipinski definition) is 5. The van der Waals surface area contributed by atoms with Crippen molar-refractivity contribution in [3.63, 3.8) is 0 Å². The maximum Gasteiger partial charge on any atom is 0.238 e. The third-order valence-electron chi connectivity index (χ3n) is 4.13. The Hall–Kier alpha value is -2.64. The van der Waals surface area contributed by atoms with Gasteiger partial charge in [-0.25, -0.2) is 18.5 Å². The summed E-state index contributed by atoms with van der Waals surface area (Å²) in [5.41, 5.74) is 3.75. The van der Waals surface area contributed by atoms with Crippen LogP contribution in [0.1, 0.15) is 11.3 Å². The average molecular weight is 371 g/mol. The summed E-state index contributed by atoms with van der Waals surface area (Å²) >= 11 is 0. The summed E-state index contributed by atoms with van der Waals surface area (Å²) in [5.74, 6) is 0.743. The van der Waals surface area contributed by atoms with E-state index < -0.39 is 10.0 Å². The van der Waals surface area contributed by atoms with E-state index in [0.717, 1.165) is 40.0 Å². The topological polar surface area (TPSA) is 94.3 Å². The highest BCUT2D eigenvalue weighted by molar-refractivity contribution is 7.89. The van der Waals surface area contributed by atoms with E-state index in [4.69, 9.17) is 9.88 Å². The quantitative estimate of drug-likeness (QED) is 0.695. The number of sulfonamides is 1. The van der Waals surface area contributed by atoms with Crippen LogP contribution in [-0.4, -0.2) is 27.1 Å². The van der Waals surface area contributed by atoms with Crippen LogP contribution in [0.3, 0.4) is 0 Å². The third-order valence-corrected chi connectivity index (χ3v) is 5.06. The Morgan fingerprint density at radius 3 is 2.54 bits per heavy atom. The van der Waals surface area contributed by atoms with Crippen molar-refractivity contribution in [1.29, 1.82) is 0 Å². The van der Waals surface area contributed by atoms with Crippen molar-refractivity contribution in [2.24, 2.45) is 5.14 Å². The lowest BCUT2D eigenvalue weighted by Crippen LogP contribution is -2.12. The Labute approximate surface area is 153 Å². The van der Waals surface area contributed by atoms with E-state index in [-0.39, 0.29) is 4.90 Å². The lowest BCUT2D eigenvalue weighted by atomic mass is 10.1. The predicted molar refractivity (Wildman–Crippen MR) is 103 cm³/mol. The van der Waals surface area contributed by atoms with Crippen molar-refractivity contribution in [2.45, 2.75) is 18.2 Å². The number of para-hydroxylation sites is 1. The number of ether oxygens (including phenoxy) is 1. The number of hydrogen-bond donors (Lipinski definition) is 2. The molecule has 0 aliphatic heterocycles. The Kier molecular flexibility index (Phi) is 5.11. The fourth-order valence-electron chi connectivity index (χ4n) is 2.85. The zero-order chi connectivity index (χ0) is 18.7. The zero-order valence-electron chi connectivity index (χ0n) is 14.7. The molecule has 0 unspecified atom stereocenters. The SMILES string of the molecule is COc1cccc2c(NCCc3ccc(S(N)(=O)=O)cc3)cc(C)nc12. The van der Waals surface area contributed by atoms with Crippen molar-refractivity contribution in [1.82, 2.24) is 4.98 Å². The molecule has 7 heteroatoms. The van der Waals surface area contributed by atoms with E-state index in [0.29, 0.717) is 6.54 Å². The van der Waals surface area contributed by atoms with Gasteiger partial charge in [-0.05, 0) is 43.2 Å². The van der Waals surface area contributed by atoms with Gasteiger partial charge < -0.3 is 10.1 Å². The van der Waals surface area contributed by atoms with Gasteiger partial charge in [0.05, 0.1) is 12.0 Å². The summed E-state index contributed by atoms with van der Waals surface area (Å²) in [7, 11) is -2.02. The van der Waals surface area contributed by atoms with Crippen LogP contribution in [-0.2, 0) is 16.4 Å². The minimum atomic E-state index is -3.65. The van der Waals surface area contributed by atoms with Crippen LogP contribution in [0.15, 0.2) is 53.4 Å². The number of pyridine rings is 1. The highest BCUT2D eigenvalue weighted by Crippen LogP contribution is 2.29. The lowest BCUT2D eigenvalue weighted by molar-refractivity contribution is 0.419. The van der Waals surface area contributed by atoms with Crippen LogP contribution >= 0.6 is 0 Å². The maximum absolute atomic E-state index is 11.3. The summed E-state index contributed by atoms with van der Waals surface area (Å²) in [5, 5.41) is 9.55. The molecule has 136 valence electrons. The van der Waals surface area contributed by atoms with E-state index in [9.17, 15) is 8.42 Å². The molecule has 0 saturated carbocycles. The summed E-state index contributed by atoms with van der Waals surface area (Å²) < 4.78 is 28.0. The van der Waals surface area contributed by atoms with Gasteiger partial charge in [0.1, 0.15) is 11.3 Å². The van der Waals surface area contributed by atoms with E-state index in [2.05, 4.69) is 10.3 Å². The minimum Gasteiger partial charge on any atom is -0.494 e. The van der Waals surface area contributed by atoms with Gasteiger partial charge in [-0.3, -0.25) is 0 Å². The number of aromatic nitrogens is 1. The first-order valence-corrected chi connectivity index (χ1v) is 9.73. The number of nitrogens with one attached hydrogen (secondary N) is 1. The van der Waals surface area contributed by atoms with Gasteiger partial charge in [-0.15, -0.1) is 0 Å².